The number of nitrogens with zero attached hydrogens (tertiary/aromatic N) is 1. The van der Waals surface area contributed by atoms with Gasteiger partial charge in [-0.1, -0.05) is 0 Å². The summed E-state index contributed by atoms with van der Waals surface area (Å²) in [5.41, 5.74) is 8.61. The monoisotopic (exact) mass is 405 g/mol. The predicted octanol–water partition coefficient (Wildman–Crippen LogP) is -0.518. The van der Waals surface area contributed by atoms with Gasteiger partial charge in [-0.25, -0.2) is 0 Å². The van der Waals surface area contributed by atoms with Crippen LogP contribution in [-0.2, 0) is 19.2 Å². The smallest absolute Gasteiger partial charge is 1.00 e. The minimum Gasteiger partial charge on any atom is -1.00 e. The Hall–Kier alpha value is -0.986. The zero-order valence-corrected chi connectivity index (χ0v) is 17.8. The molecule has 1 aromatic carbocycles. The molecule has 1 heterocycles. The van der Waals surface area contributed by atoms with E-state index >= 15 is 0 Å². The van der Waals surface area contributed by atoms with Crippen molar-refractivity contribution in [2.24, 2.45) is 0 Å². The molecule has 4 heteroatoms. The van der Waals surface area contributed by atoms with Crippen molar-refractivity contribution in [3.63, 3.8) is 0 Å². The van der Waals surface area contributed by atoms with Gasteiger partial charge in [0.1, 0.15) is 0 Å². The van der Waals surface area contributed by atoms with Gasteiger partial charge in [0, 0.05) is 0 Å². The van der Waals surface area contributed by atoms with Gasteiger partial charge >= 0.3 is 147 Å². The molecule has 0 amide bonds. The van der Waals surface area contributed by atoms with Crippen LogP contribution in [0.2, 0.25) is 0 Å². The fourth-order valence-corrected chi connectivity index (χ4v) is 6.28. The van der Waals surface area contributed by atoms with Gasteiger partial charge in [0.25, 0.3) is 0 Å². The second-order valence-electron chi connectivity index (χ2n) is 6.57. The maximum atomic E-state index is 2.42. The molecule has 0 fully saturated rings. The summed E-state index contributed by atoms with van der Waals surface area (Å²) in [5, 5.41) is 0. The number of allylic oxidation sites excluding steroid dienone is 5. The molecule has 2 aliphatic carbocycles. The molecule has 0 spiro atoms. The Morgan fingerprint density at radius 3 is 2.48 bits per heavy atom. The van der Waals surface area contributed by atoms with Crippen molar-refractivity contribution in [3.8, 4) is 0 Å². The largest absolute Gasteiger partial charge is 1.00 e. The van der Waals surface area contributed by atoms with Gasteiger partial charge in [0.2, 0.25) is 0 Å². The Kier molecular flexibility index (Phi) is 6.62. The predicted molar refractivity (Wildman–Crippen MR) is 93.7 cm³/mol. The number of fused-ring (bicyclic) bond motifs is 1. The van der Waals surface area contributed by atoms with Gasteiger partial charge in [-0.05, 0) is 0 Å². The van der Waals surface area contributed by atoms with Crippen LogP contribution in [-0.4, -0.2) is 4.57 Å². The number of aryl methyl sites for hydroxylation is 2. The molecule has 0 bridgehead atoms. The quantitative estimate of drug-likeness (QED) is 0.606. The van der Waals surface area contributed by atoms with Crippen molar-refractivity contribution < 1.29 is 44.0 Å². The van der Waals surface area contributed by atoms with Crippen LogP contribution in [0.1, 0.15) is 40.0 Å². The molecule has 25 heavy (non-hydrogen) atoms. The molecule has 0 saturated carbocycles. The third-order valence-electron chi connectivity index (χ3n) is 4.82. The van der Waals surface area contributed by atoms with Crippen LogP contribution >= 0.6 is 0 Å². The first kappa shape index (κ1) is 20.3. The van der Waals surface area contributed by atoms with Crippen LogP contribution in [0.4, 0.5) is 0 Å². The molecule has 0 N–H and O–H groups in total. The molecule has 0 aliphatic heterocycles. The number of benzene rings is 1. The standard InChI is InChI=1S/C15H14N.C6H7.2ClH.Ti/c1-11-7-12(2)16(10-11)15-8-13-5-3-4-6-14(13)9-15;1-6-4-2-3-5-6;;;/h3-10H,1-2H3;2,4H,3H2,1H3;2*1H;/q;;;;+2/p-2. The molecule has 2 aliphatic rings. The third-order valence-corrected chi connectivity index (χ3v) is 7.69. The van der Waals surface area contributed by atoms with Gasteiger partial charge in [-0.2, -0.15) is 0 Å². The van der Waals surface area contributed by atoms with E-state index in [4.69, 9.17) is 0 Å². The molecule has 0 radical (unpaired) electrons. The van der Waals surface area contributed by atoms with Gasteiger partial charge in [-0.3, -0.25) is 0 Å². The summed E-state index contributed by atoms with van der Waals surface area (Å²) < 4.78 is 4.71. The topological polar surface area (TPSA) is 4.93 Å². The Bertz CT molecular complexity index is 874. The van der Waals surface area contributed by atoms with Gasteiger partial charge < -0.3 is 24.8 Å². The summed E-state index contributed by atoms with van der Waals surface area (Å²) in [6, 6.07) is 11.2. The van der Waals surface area contributed by atoms with E-state index in [1.807, 2.05) is 0 Å². The minimum atomic E-state index is -0.213. The van der Waals surface area contributed by atoms with Crippen LogP contribution in [0.25, 0.3) is 11.8 Å². The Morgan fingerprint density at radius 1 is 1.08 bits per heavy atom. The fourth-order valence-electron chi connectivity index (χ4n) is 3.65. The maximum absolute atomic E-state index is 2.42. The van der Waals surface area contributed by atoms with Crippen molar-refractivity contribution in [1.82, 2.24) is 4.57 Å². The summed E-state index contributed by atoms with van der Waals surface area (Å²) in [6.45, 7) is 6.68. The van der Waals surface area contributed by atoms with E-state index in [1.54, 1.807) is 3.88 Å². The van der Waals surface area contributed by atoms with Gasteiger partial charge in [0.05, 0.1) is 0 Å². The maximum Gasteiger partial charge on any atom is -1.00 e. The van der Waals surface area contributed by atoms with Crippen molar-refractivity contribution in [1.29, 1.82) is 0 Å². The molecule has 0 saturated heterocycles. The second-order valence-corrected chi connectivity index (χ2v) is 8.87. The van der Waals surface area contributed by atoms with E-state index in [9.17, 15) is 0 Å². The Morgan fingerprint density at radius 2 is 1.84 bits per heavy atom. The van der Waals surface area contributed by atoms with E-state index in [2.05, 4.69) is 80.1 Å². The molecular weight excluding hydrogens is 385 g/mol. The van der Waals surface area contributed by atoms with E-state index in [1.165, 1.54) is 40.1 Å². The zero-order valence-electron chi connectivity index (χ0n) is 14.7. The number of hydrogen-bond acceptors (Lipinski definition) is 0. The first-order chi connectivity index (χ1) is 11.1. The second kappa shape index (κ2) is 8.14. The average molecular weight is 406 g/mol. The third kappa shape index (κ3) is 3.76. The summed E-state index contributed by atoms with van der Waals surface area (Å²) in [4.78, 5) is 0. The fraction of sp³-hybridized carbons (Fsp3) is 0.238. The van der Waals surface area contributed by atoms with E-state index in [0.29, 0.717) is 4.22 Å². The van der Waals surface area contributed by atoms with Crippen molar-refractivity contribution in [2.75, 3.05) is 0 Å². The molecule has 1 unspecified atom stereocenters. The molecule has 1 nitrogen and oxygen atoms in total. The Balaban J connectivity index is 0.00000113. The number of halogens is 2. The molecule has 1 atom stereocenters. The van der Waals surface area contributed by atoms with Gasteiger partial charge in [-0.15, -0.1) is 0 Å². The van der Waals surface area contributed by atoms with E-state index in [0.717, 1.165) is 0 Å². The summed E-state index contributed by atoms with van der Waals surface area (Å²) in [5.74, 6) is 0. The van der Waals surface area contributed by atoms with Crippen molar-refractivity contribution in [2.45, 2.75) is 31.4 Å². The molecule has 4 rings (SSSR count). The molecule has 2 aromatic rings. The Labute approximate surface area is 171 Å². The van der Waals surface area contributed by atoms with Crippen LogP contribution in [0.5, 0.6) is 0 Å². The number of aromatic nitrogens is 1. The average Bonchev–Trinajstić information content (AvgIpc) is 3.19. The zero-order chi connectivity index (χ0) is 16.0. The van der Waals surface area contributed by atoms with Crippen molar-refractivity contribution >= 4 is 11.8 Å². The minimum absolute atomic E-state index is 0. The first-order valence-corrected chi connectivity index (χ1v) is 9.91. The SMILES string of the molecule is CC1=[C]([Ti+2][CH]2C(n3cc(C)cc3C)=Cc3ccccc32)CC=C1.[Cl-].[Cl-]. The number of rotatable bonds is 3. The molecular formula is C21H21Cl2NTi. The number of hydrogen-bond donors (Lipinski definition) is 0. The van der Waals surface area contributed by atoms with Crippen LogP contribution in [0.15, 0.2) is 58.1 Å². The van der Waals surface area contributed by atoms with Crippen LogP contribution in [0, 0.1) is 13.8 Å². The first-order valence-electron chi connectivity index (χ1n) is 8.23. The summed E-state index contributed by atoms with van der Waals surface area (Å²) in [6.07, 6.45) is 10.5. The van der Waals surface area contributed by atoms with Crippen LogP contribution < -0.4 is 24.8 Å². The van der Waals surface area contributed by atoms with Crippen molar-refractivity contribution in [3.05, 3.63) is 80.5 Å². The van der Waals surface area contributed by atoms with E-state index < -0.39 is 0 Å². The van der Waals surface area contributed by atoms with Gasteiger partial charge in [0.15, 0.2) is 0 Å². The normalized spacial score (nSPS) is 17.6. The summed E-state index contributed by atoms with van der Waals surface area (Å²) in [7, 11) is 0. The molecule has 128 valence electrons. The van der Waals surface area contributed by atoms with E-state index in [-0.39, 0.29) is 44.0 Å². The van der Waals surface area contributed by atoms with Crippen LogP contribution in [0.3, 0.4) is 0 Å². The summed E-state index contributed by atoms with van der Waals surface area (Å²) >= 11 is -0.213. The molecule has 1 aromatic heterocycles.